The Morgan fingerprint density at radius 2 is 2.25 bits per heavy atom. The molecular formula is C8H6F2N2. The van der Waals surface area contributed by atoms with Crippen molar-refractivity contribution in [2.75, 3.05) is 0 Å². The molecule has 0 unspecified atom stereocenters. The van der Waals surface area contributed by atoms with Crippen molar-refractivity contribution in [3.8, 4) is 0 Å². The molecule has 0 aliphatic heterocycles. The van der Waals surface area contributed by atoms with E-state index in [0.29, 0.717) is 5.52 Å². The summed E-state index contributed by atoms with van der Waals surface area (Å²) in [5.74, 6) is 0. The molecule has 2 nitrogen and oxygen atoms in total. The monoisotopic (exact) mass is 169 g/mol. The average Bonchev–Trinajstić information content (AvgIpc) is 2.43. The van der Waals surface area contributed by atoms with Crippen molar-refractivity contribution >= 4 is 5.52 Å². The first-order valence-corrected chi connectivity index (χ1v) is 3.42. The van der Waals surface area contributed by atoms with Gasteiger partial charge in [-0.05, 0) is 18.2 Å². The first-order chi connectivity index (χ1) is 6.18. The van der Waals surface area contributed by atoms with Crippen LogP contribution in [0.25, 0.3) is 5.52 Å². The van der Waals surface area contributed by atoms with Gasteiger partial charge in [0.15, 0.2) is 0 Å². The number of hydrogen-bond acceptors (Lipinski definition) is 1. The van der Waals surface area contributed by atoms with Crippen LogP contribution in [0.15, 0.2) is 30.4 Å². The quantitative estimate of drug-likeness (QED) is 0.640. The van der Waals surface area contributed by atoms with E-state index in [4.69, 9.17) is 1.37 Å². The number of hydrogen-bond donors (Lipinski definition) is 0. The summed E-state index contributed by atoms with van der Waals surface area (Å²) < 4.78 is 33.0. The van der Waals surface area contributed by atoms with Crippen LogP contribution in [0.2, 0.25) is 0 Å². The van der Waals surface area contributed by atoms with Crippen molar-refractivity contribution < 1.29 is 10.2 Å². The highest BCUT2D eigenvalue weighted by Crippen LogP contribution is 2.18. The molecule has 0 amide bonds. The third-order valence-electron chi connectivity index (χ3n) is 1.62. The van der Waals surface area contributed by atoms with E-state index in [1.54, 1.807) is 6.07 Å². The van der Waals surface area contributed by atoms with Crippen molar-refractivity contribution in [3.63, 3.8) is 0 Å². The molecule has 4 heteroatoms. The number of halogens is 2. The number of alkyl halides is 2. The lowest BCUT2D eigenvalue weighted by atomic mass is 10.3. The van der Waals surface area contributed by atoms with Crippen LogP contribution in [-0.4, -0.2) is 9.61 Å². The Hall–Kier alpha value is -1.45. The molecule has 62 valence electrons. The predicted molar refractivity (Wildman–Crippen MR) is 40.1 cm³/mol. The number of rotatable bonds is 1. The maximum Gasteiger partial charge on any atom is 0.280 e. The maximum atomic E-state index is 12.4. The first-order valence-electron chi connectivity index (χ1n) is 3.92. The van der Waals surface area contributed by atoms with Crippen molar-refractivity contribution in [1.82, 2.24) is 9.61 Å². The zero-order chi connectivity index (χ0) is 9.42. The molecular weight excluding hydrogens is 162 g/mol. The Morgan fingerprint density at radius 3 is 3.00 bits per heavy atom. The third-order valence-corrected chi connectivity index (χ3v) is 1.62. The van der Waals surface area contributed by atoms with Crippen LogP contribution >= 0.6 is 0 Å². The molecule has 0 saturated carbocycles. The summed E-state index contributed by atoms with van der Waals surface area (Å²) in [6.45, 7) is 0. The minimum atomic E-state index is -2.57. The standard InChI is InChI=1S/C8H6F2N2/c9-8(10)7-3-1-2-6-4-5-11-12(6)7/h1-5,8H/i5D. The molecule has 0 N–H and O–H groups in total. The summed E-state index contributed by atoms with van der Waals surface area (Å²) >= 11 is 0. The van der Waals surface area contributed by atoms with Gasteiger partial charge >= 0.3 is 0 Å². The van der Waals surface area contributed by atoms with Crippen LogP contribution < -0.4 is 0 Å². The fourth-order valence-electron chi connectivity index (χ4n) is 1.08. The minimum Gasteiger partial charge on any atom is -0.232 e. The second-order valence-electron chi connectivity index (χ2n) is 2.36. The van der Waals surface area contributed by atoms with Gasteiger partial charge in [-0.3, -0.25) is 0 Å². The normalized spacial score (nSPS) is 12.4. The molecule has 0 fully saturated rings. The summed E-state index contributed by atoms with van der Waals surface area (Å²) in [5.41, 5.74) is 0.332. The van der Waals surface area contributed by atoms with E-state index in [0.717, 1.165) is 4.52 Å². The van der Waals surface area contributed by atoms with Crippen molar-refractivity contribution in [3.05, 3.63) is 36.1 Å². The van der Waals surface area contributed by atoms with Gasteiger partial charge in [-0.1, -0.05) is 6.07 Å². The molecule has 0 radical (unpaired) electrons. The lowest BCUT2D eigenvalue weighted by molar-refractivity contribution is 0.143. The molecule has 0 aliphatic rings. The maximum absolute atomic E-state index is 12.4. The molecule has 0 aromatic carbocycles. The zero-order valence-electron chi connectivity index (χ0n) is 7.04. The Bertz CT molecular complexity index is 439. The van der Waals surface area contributed by atoms with Crippen LogP contribution in [-0.2, 0) is 0 Å². The van der Waals surface area contributed by atoms with E-state index < -0.39 is 6.43 Å². The zero-order valence-corrected chi connectivity index (χ0v) is 6.04. The molecule has 0 atom stereocenters. The average molecular weight is 169 g/mol. The predicted octanol–water partition coefficient (Wildman–Crippen LogP) is 2.27. The van der Waals surface area contributed by atoms with Crippen LogP contribution in [0.1, 0.15) is 13.5 Å². The first kappa shape index (κ1) is 6.11. The smallest absolute Gasteiger partial charge is 0.232 e. The SMILES string of the molecule is [2H]c1cc2cccc(C(F)F)n2n1. The Morgan fingerprint density at radius 1 is 1.42 bits per heavy atom. The lowest BCUT2D eigenvalue weighted by Crippen LogP contribution is -1.97. The number of aromatic nitrogens is 2. The van der Waals surface area contributed by atoms with E-state index in [-0.39, 0.29) is 11.9 Å². The van der Waals surface area contributed by atoms with Gasteiger partial charge in [0.05, 0.1) is 6.89 Å². The highest BCUT2D eigenvalue weighted by atomic mass is 19.3. The number of pyridine rings is 1. The van der Waals surface area contributed by atoms with Gasteiger partial charge in [-0.15, -0.1) is 0 Å². The molecule has 12 heavy (non-hydrogen) atoms. The van der Waals surface area contributed by atoms with Gasteiger partial charge in [0.25, 0.3) is 6.43 Å². The highest BCUT2D eigenvalue weighted by molar-refractivity contribution is 5.46. The van der Waals surface area contributed by atoms with Crippen molar-refractivity contribution in [1.29, 1.82) is 0 Å². The van der Waals surface area contributed by atoms with Crippen molar-refractivity contribution in [2.24, 2.45) is 0 Å². The molecule has 0 saturated heterocycles. The van der Waals surface area contributed by atoms with Gasteiger partial charge in [-0.25, -0.2) is 13.3 Å². The van der Waals surface area contributed by atoms with E-state index in [1.807, 2.05) is 0 Å². The van der Waals surface area contributed by atoms with Gasteiger partial charge in [0.1, 0.15) is 5.69 Å². The lowest BCUT2D eigenvalue weighted by Gasteiger charge is -2.01. The Labute approximate surface area is 68.8 Å². The summed E-state index contributed by atoms with van der Waals surface area (Å²) in [6.07, 6.45) is -2.57. The van der Waals surface area contributed by atoms with Crippen LogP contribution in [0.4, 0.5) is 8.78 Å². The topological polar surface area (TPSA) is 17.3 Å². The molecule has 2 heterocycles. The Balaban J connectivity index is 2.75. The van der Waals surface area contributed by atoms with Crippen LogP contribution in [0.5, 0.6) is 0 Å². The van der Waals surface area contributed by atoms with E-state index >= 15 is 0 Å². The van der Waals surface area contributed by atoms with E-state index in [9.17, 15) is 8.78 Å². The summed E-state index contributed by atoms with van der Waals surface area (Å²) in [7, 11) is 0. The van der Waals surface area contributed by atoms with Gasteiger partial charge in [0.2, 0.25) is 0 Å². The van der Waals surface area contributed by atoms with Gasteiger partial charge in [-0.2, -0.15) is 5.10 Å². The van der Waals surface area contributed by atoms with Crippen LogP contribution in [0.3, 0.4) is 0 Å². The summed E-state index contributed by atoms with van der Waals surface area (Å²) in [4.78, 5) is 0. The molecule has 0 aliphatic carbocycles. The summed E-state index contributed by atoms with van der Waals surface area (Å²) in [6, 6.07) is 5.89. The highest BCUT2D eigenvalue weighted by Gasteiger charge is 2.10. The second-order valence-corrected chi connectivity index (χ2v) is 2.36. The second kappa shape index (κ2) is 2.55. The largest absolute Gasteiger partial charge is 0.280 e. The Kier molecular flexibility index (Phi) is 1.30. The molecule has 2 aromatic rings. The number of nitrogens with zero attached hydrogens (tertiary/aromatic N) is 2. The van der Waals surface area contributed by atoms with E-state index in [2.05, 4.69) is 5.10 Å². The van der Waals surface area contributed by atoms with Crippen molar-refractivity contribution in [2.45, 2.75) is 6.43 Å². The third kappa shape index (κ3) is 0.958. The van der Waals surface area contributed by atoms with Crippen LogP contribution in [0, 0.1) is 0 Å². The fourth-order valence-corrected chi connectivity index (χ4v) is 1.08. The van der Waals surface area contributed by atoms with E-state index in [1.165, 1.54) is 18.2 Å². The molecule has 0 spiro atoms. The molecule has 0 bridgehead atoms. The molecule has 2 rings (SSSR count). The summed E-state index contributed by atoms with van der Waals surface area (Å²) in [5, 5.41) is 3.64. The fraction of sp³-hybridized carbons (Fsp3) is 0.125. The number of fused-ring (bicyclic) bond motifs is 1. The van der Waals surface area contributed by atoms with Gasteiger partial charge in [0, 0.05) is 6.17 Å². The minimum absolute atomic E-state index is 0.00639. The molecule has 2 aromatic heterocycles. The van der Waals surface area contributed by atoms with Gasteiger partial charge < -0.3 is 0 Å².